The lowest BCUT2D eigenvalue weighted by molar-refractivity contribution is -0.140. The number of carbonyl (C=O) groups excluding carboxylic acids is 1. The molecule has 0 saturated carbocycles. The lowest BCUT2D eigenvalue weighted by Gasteiger charge is -2.19. The SMILES string of the molecule is CC(C)(C)c1ccc(OCCOc2cccc(C=C3SC(=S)N(CC(=O)O)C3=O)c2)cc1. The summed E-state index contributed by atoms with van der Waals surface area (Å²) < 4.78 is 11.8. The number of aliphatic carboxylic acids is 1. The number of benzene rings is 2. The Hall–Kier alpha value is -2.84. The molecule has 3 rings (SSSR count). The van der Waals surface area contributed by atoms with Crippen molar-refractivity contribution < 1.29 is 24.2 Å². The maximum absolute atomic E-state index is 12.4. The highest BCUT2D eigenvalue weighted by molar-refractivity contribution is 8.26. The highest BCUT2D eigenvalue weighted by Gasteiger charge is 2.33. The van der Waals surface area contributed by atoms with Gasteiger partial charge in [-0.15, -0.1) is 0 Å². The van der Waals surface area contributed by atoms with E-state index in [4.69, 9.17) is 26.8 Å². The molecule has 0 unspecified atom stereocenters. The van der Waals surface area contributed by atoms with Crippen molar-refractivity contribution in [2.24, 2.45) is 0 Å². The van der Waals surface area contributed by atoms with Gasteiger partial charge in [-0.2, -0.15) is 0 Å². The molecule has 0 spiro atoms. The molecule has 1 heterocycles. The summed E-state index contributed by atoms with van der Waals surface area (Å²) in [4.78, 5) is 24.8. The number of rotatable bonds is 8. The average Bonchev–Trinajstić information content (AvgIpc) is 2.98. The van der Waals surface area contributed by atoms with Crippen molar-refractivity contribution in [2.75, 3.05) is 19.8 Å². The fourth-order valence-corrected chi connectivity index (χ4v) is 4.24. The first-order chi connectivity index (χ1) is 15.1. The number of thioether (sulfide) groups is 1. The lowest BCUT2D eigenvalue weighted by atomic mass is 9.87. The van der Waals surface area contributed by atoms with Gasteiger partial charge in [0.15, 0.2) is 0 Å². The van der Waals surface area contributed by atoms with Gasteiger partial charge in [0.2, 0.25) is 0 Å². The van der Waals surface area contributed by atoms with Crippen molar-refractivity contribution in [1.82, 2.24) is 4.90 Å². The van der Waals surface area contributed by atoms with Gasteiger partial charge < -0.3 is 14.6 Å². The number of carboxylic acids is 1. The molecule has 1 saturated heterocycles. The molecule has 2 aromatic carbocycles. The van der Waals surface area contributed by atoms with Crippen LogP contribution in [0.5, 0.6) is 11.5 Å². The summed E-state index contributed by atoms with van der Waals surface area (Å²) in [5.74, 6) is -0.0740. The molecule has 1 aliphatic rings. The zero-order valence-electron chi connectivity index (χ0n) is 18.2. The van der Waals surface area contributed by atoms with Crippen LogP contribution in [-0.4, -0.2) is 46.0 Å². The monoisotopic (exact) mass is 471 g/mol. The van der Waals surface area contributed by atoms with Crippen LogP contribution in [0.15, 0.2) is 53.4 Å². The maximum Gasteiger partial charge on any atom is 0.323 e. The number of hydrogen-bond donors (Lipinski definition) is 1. The number of ether oxygens (including phenoxy) is 2. The first-order valence-corrected chi connectivity index (χ1v) is 11.3. The second kappa shape index (κ2) is 10.2. The smallest absolute Gasteiger partial charge is 0.323 e. The predicted octanol–water partition coefficient (Wildman–Crippen LogP) is 4.73. The first-order valence-electron chi connectivity index (χ1n) is 10.1. The normalized spacial score (nSPS) is 15.3. The molecule has 0 atom stereocenters. The van der Waals surface area contributed by atoms with Gasteiger partial charge >= 0.3 is 5.97 Å². The fourth-order valence-electron chi connectivity index (χ4n) is 2.99. The largest absolute Gasteiger partial charge is 0.490 e. The average molecular weight is 472 g/mol. The van der Waals surface area contributed by atoms with Crippen LogP contribution >= 0.6 is 24.0 Å². The third-order valence-corrected chi connectivity index (χ3v) is 6.04. The van der Waals surface area contributed by atoms with E-state index in [0.29, 0.717) is 23.9 Å². The van der Waals surface area contributed by atoms with Crippen LogP contribution < -0.4 is 9.47 Å². The van der Waals surface area contributed by atoms with Crippen LogP contribution in [0.1, 0.15) is 31.9 Å². The van der Waals surface area contributed by atoms with Crippen LogP contribution in [0.4, 0.5) is 0 Å². The maximum atomic E-state index is 12.4. The molecule has 0 aliphatic carbocycles. The minimum absolute atomic E-state index is 0.100. The third kappa shape index (κ3) is 6.34. The molecule has 1 amide bonds. The molecule has 32 heavy (non-hydrogen) atoms. The minimum atomic E-state index is -1.11. The van der Waals surface area contributed by atoms with Gasteiger partial charge in [-0.05, 0) is 46.9 Å². The number of thiocarbonyl (C=S) groups is 1. The third-order valence-electron chi connectivity index (χ3n) is 4.66. The summed E-state index contributed by atoms with van der Waals surface area (Å²) in [5, 5.41) is 8.93. The second-order valence-corrected chi connectivity index (χ2v) is 9.88. The van der Waals surface area contributed by atoms with Crippen LogP contribution in [0.2, 0.25) is 0 Å². The molecular weight excluding hydrogens is 446 g/mol. The Balaban J connectivity index is 1.54. The van der Waals surface area contributed by atoms with Crippen LogP contribution in [0, 0.1) is 0 Å². The Morgan fingerprint density at radius 2 is 1.75 bits per heavy atom. The molecule has 0 aromatic heterocycles. The molecule has 0 radical (unpaired) electrons. The van der Waals surface area contributed by atoms with E-state index < -0.39 is 18.4 Å². The highest BCUT2D eigenvalue weighted by Crippen LogP contribution is 2.32. The number of hydrogen-bond acceptors (Lipinski definition) is 6. The molecule has 1 N–H and O–H groups in total. The summed E-state index contributed by atoms with van der Waals surface area (Å²) in [6, 6.07) is 15.4. The van der Waals surface area contributed by atoms with Gasteiger partial charge in [0, 0.05) is 0 Å². The molecule has 6 nitrogen and oxygen atoms in total. The summed E-state index contributed by atoms with van der Waals surface area (Å²) in [6.07, 6.45) is 1.68. The van der Waals surface area contributed by atoms with E-state index in [1.54, 1.807) is 6.08 Å². The van der Waals surface area contributed by atoms with E-state index in [1.165, 1.54) is 5.56 Å². The van der Waals surface area contributed by atoms with Crippen molar-refractivity contribution in [3.05, 3.63) is 64.6 Å². The van der Waals surface area contributed by atoms with Crippen LogP contribution in [0.3, 0.4) is 0 Å². The lowest BCUT2D eigenvalue weighted by Crippen LogP contribution is -2.33. The number of amides is 1. The summed E-state index contributed by atoms with van der Waals surface area (Å²) >= 11 is 6.21. The first kappa shape index (κ1) is 23.8. The number of nitrogens with zero attached hydrogens (tertiary/aromatic N) is 1. The molecule has 168 valence electrons. The van der Waals surface area contributed by atoms with E-state index in [-0.39, 0.29) is 9.74 Å². The number of carboxylic acid groups (broad SMARTS) is 1. The van der Waals surface area contributed by atoms with Gasteiger partial charge in [0.25, 0.3) is 5.91 Å². The second-order valence-electron chi connectivity index (χ2n) is 8.21. The van der Waals surface area contributed by atoms with Crippen molar-refractivity contribution in [3.63, 3.8) is 0 Å². The minimum Gasteiger partial charge on any atom is -0.490 e. The van der Waals surface area contributed by atoms with Crippen LogP contribution in [-0.2, 0) is 15.0 Å². The van der Waals surface area contributed by atoms with Gasteiger partial charge in [0.05, 0.1) is 4.91 Å². The van der Waals surface area contributed by atoms with E-state index in [0.717, 1.165) is 28.0 Å². The standard InChI is InChI=1S/C24H25NO5S2/c1-24(2,3)17-7-9-18(10-8-17)29-11-12-30-19-6-4-5-16(13-19)14-20-22(28)25(15-21(26)27)23(31)32-20/h4-10,13-14H,11-12,15H2,1-3H3,(H,26,27). The quantitative estimate of drug-likeness (QED) is 0.339. The zero-order chi connectivity index (χ0) is 23.3. The Bertz CT molecular complexity index is 1040. The Morgan fingerprint density at radius 1 is 1.09 bits per heavy atom. The van der Waals surface area contributed by atoms with E-state index in [2.05, 4.69) is 32.9 Å². The summed E-state index contributed by atoms with van der Waals surface area (Å²) in [7, 11) is 0. The summed E-state index contributed by atoms with van der Waals surface area (Å²) in [5.41, 5.74) is 2.11. The Morgan fingerprint density at radius 3 is 2.38 bits per heavy atom. The highest BCUT2D eigenvalue weighted by atomic mass is 32.2. The predicted molar refractivity (Wildman–Crippen MR) is 130 cm³/mol. The zero-order valence-corrected chi connectivity index (χ0v) is 19.8. The molecule has 1 aliphatic heterocycles. The Kier molecular flexibility index (Phi) is 7.58. The van der Waals surface area contributed by atoms with Gasteiger partial charge in [-0.3, -0.25) is 14.5 Å². The topological polar surface area (TPSA) is 76.1 Å². The molecule has 2 aromatic rings. The summed E-state index contributed by atoms with van der Waals surface area (Å²) in [6.45, 7) is 6.83. The van der Waals surface area contributed by atoms with Crippen molar-refractivity contribution in [2.45, 2.75) is 26.2 Å². The van der Waals surface area contributed by atoms with E-state index >= 15 is 0 Å². The van der Waals surface area contributed by atoms with Gasteiger partial charge in [-0.1, -0.05) is 69.0 Å². The molecule has 8 heteroatoms. The molecule has 1 fully saturated rings. The van der Waals surface area contributed by atoms with Crippen molar-refractivity contribution in [1.29, 1.82) is 0 Å². The fraction of sp³-hybridized carbons (Fsp3) is 0.292. The molecular formula is C24H25NO5S2. The number of carbonyl (C=O) groups is 2. The van der Waals surface area contributed by atoms with E-state index in [1.807, 2.05) is 36.4 Å². The van der Waals surface area contributed by atoms with E-state index in [9.17, 15) is 9.59 Å². The van der Waals surface area contributed by atoms with Crippen LogP contribution in [0.25, 0.3) is 6.08 Å². The van der Waals surface area contributed by atoms with Crippen molar-refractivity contribution in [3.8, 4) is 11.5 Å². The molecule has 0 bridgehead atoms. The van der Waals surface area contributed by atoms with Crippen molar-refractivity contribution >= 4 is 46.3 Å². The van der Waals surface area contributed by atoms with Gasteiger partial charge in [0.1, 0.15) is 35.6 Å². The van der Waals surface area contributed by atoms with Gasteiger partial charge in [-0.25, -0.2) is 0 Å². The Labute approximate surface area is 197 Å².